The fraction of sp³-hybridized carbons (Fsp3) is 0.391. The molecule has 7 heteroatoms. The maximum absolute atomic E-state index is 10.8. The van der Waals surface area contributed by atoms with Gasteiger partial charge in [-0.25, -0.2) is 0 Å². The van der Waals surface area contributed by atoms with Crippen molar-refractivity contribution in [1.29, 1.82) is 0 Å². The van der Waals surface area contributed by atoms with Crippen molar-refractivity contribution < 1.29 is 14.3 Å². The molecule has 1 aliphatic heterocycles. The predicted molar refractivity (Wildman–Crippen MR) is 118 cm³/mol. The molecule has 1 aliphatic rings. The second kappa shape index (κ2) is 11.1. The summed E-state index contributed by atoms with van der Waals surface area (Å²) in [5, 5.41) is 6.69. The first-order chi connectivity index (χ1) is 14.6. The van der Waals surface area contributed by atoms with E-state index in [0.717, 1.165) is 56.2 Å². The number of carbonyl (C=O) groups is 1. The highest BCUT2D eigenvalue weighted by Gasteiger charge is 2.11. The van der Waals surface area contributed by atoms with E-state index in [1.165, 1.54) is 11.1 Å². The zero-order valence-electron chi connectivity index (χ0n) is 17.4. The average Bonchev–Trinajstić information content (AvgIpc) is 3.21. The summed E-state index contributed by atoms with van der Waals surface area (Å²) >= 11 is 0. The number of nitrogens with one attached hydrogen (secondary N) is 2. The van der Waals surface area contributed by atoms with Gasteiger partial charge >= 0.3 is 0 Å². The highest BCUT2D eigenvalue weighted by atomic mass is 16.5. The molecule has 0 spiro atoms. The minimum Gasteiger partial charge on any atom is -0.493 e. The zero-order valence-corrected chi connectivity index (χ0v) is 17.4. The number of hydrogen-bond donors (Lipinski definition) is 3. The third kappa shape index (κ3) is 6.69. The van der Waals surface area contributed by atoms with Gasteiger partial charge < -0.3 is 25.8 Å². The lowest BCUT2D eigenvalue weighted by Gasteiger charge is -2.12. The number of carbonyl (C=O) groups excluding carboxylic acids is 1. The molecule has 0 fully saturated rings. The molecule has 30 heavy (non-hydrogen) atoms. The summed E-state index contributed by atoms with van der Waals surface area (Å²) < 4.78 is 10.8. The fourth-order valence-electron chi connectivity index (χ4n) is 3.27. The van der Waals surface area contributed by atoms with Crippen LogP contribution in [0.25, 0.3) is 0 Å². The lowest BCUT2D eigenvalue weighted by Crippen LogP contribution is -2.38. The maximum atomic E-state index is 10.8. The Morgan fingerprint density at radius 1 is 1.13 bits per heavy atom. The van der Waals surface area contributed by atoms with E-state index in [2.05, 4.69) is 40.7 Å². The highest BCUT2D eigenvalue weighted by molar-refractivity contribution is 5.79. The normalized spacial score (nSPS) is 12.8. The number of guanidine groups is 1. The Labute approximate surface area is 177 Å². The van der Waals surface area contributed by atoms with Gasteiger partial charge in [0.15, 0.2) is 12.6 Å². The molecule has 2 aromatic carbocycles. The highest BCUT2D eigenvalue weighted by Crippen LogP contribution is 2.25. The van der Waals surface area contributed by atoms with Gasteiger partial charge in [-0.2, -0.15) is 0 Å². The van der Waals surface area contributed by atoms with Crippen LogP contribution in [0, 0.1) is 0 Å². The zero-order chi connectivity index (χ0) is 21.2. The van der Waals surface area contributed by atoms with E-state index in [1.54, 1.807) is 0 Å². The van der Waals surface area contributed by atoms with Gasteiger partial charge in [-0.3, -0.25) is 9.79 Å². The molecule has 0 aromatic heterocycles. The van der Waals surface area contributed by atoms with Crippen molar-refractivity contribution in [2.75, 3.05) is 32.8 Å². The summed E-state index contributed by atoms with van der Waals surface area (Å²) in [6.45, 7) is 5.04. The van der Waals surface area contributed by atoms with E-state index in [4.69, 9.17) is 15.2 Å². The first kappa shape index (κ1) is 21.5. The van der Waals surface area contributed by atoms with Crippen LogP contribution in [0.5, 0.6) is 11.5 Å². The smallest absolute Gasteiger partial charge is 0.255 e. The molecule has 1 amide bonds. The van der Waals surface area contributed by atoms with Crippen LogP contribution >= 0.6 is 0 Å². The van der Waals surface area contributed by atoms with Gasteiger partial charge in [0, 0.05) is 26.1 Å². The van der Waals surface area contributed by atoms with Gasteiger partial charge in [-0.05, 0) is 54.7 Å². The Bertz CT molecular complexity index is 865. The lowest BCUT2D eigenvalue weighted by molar-refractivity contribution is -0.119. The van der Waals surface area contributed by atoms with Gasteiger partial charge in [0.05, 0.1) is 6.61 Å². The fourth-order valence-corrected chi connectivity index (χ4v) is 3.27. The van der Waals surface area contributed by atoms with Crippen LogP contribution in [0.15, 0.2) is 47.5 Å². The molecule has 0 bridgehead atoms. The average molecular weight is 411 g/mol. The summed E-state index contributed by atoms with van der Waals surface area (Å²) in [6.07, 6.45) is 2.75. The first-order valence-corrected chi connectivity index (χ1v) is 10.4. The topological polar surface area (TPSA) is 98.0 Å². The maximum Gasteiger partial charge on any atom is 0.255 e. The van der Waals surface area contributed by atoms with Gasteiger partial charge in [0.1, 0.15) is 11.5 Å². The summed E-state index contributed by atoms with van der Waals surface area (Å²) in [5.41, 5.74) is 8.85. The van der Waals surface area contributed by atoms with Gasteiger partial charge in [-0.15, -0.1) is 0 Å². The van der Waals surface area contributed by atoms with E-state index in [0.29, 0.717) is 12.3 Å². The standard InChI is InChI=1S/C23H30N4O3/c1-2-25-23(27-13-10-18-5-8-21-19(15-18)11-14-29-21)26-12-9-17-3-6-20(7-4-17)30-16-22(24)28/h3-8,15H,2,9-14,16H2,1H3,(H2,24,28)(H2,25,26,27). The largest absolute Gasteiger partial charge is 0.493 e. The second-order valence-corrected chi connectivity index (χ2v) is 7.13. The Morgan fingerprint density at radius 3 is 2.70 bits per heavy atom. The van der Waals surface area contributed by atoms with E-state index >= 15 is 0 Å². The van der Waals surface area contributed by atoms with Crippen molar-refractivity contribution in [2.45, 2.75) is 26.2 Å². The summed E-state index contributed by atoms with van der Waals surface area (Å²) in [7, 11) is 0. The molecule has 160 valence electrons. The van der Waals surface area contributed by atoms with Crippen molar-refractivity contribution in [3.05, 3.63) is 59.2 Å². The number of rotatable bonds is 10. The molecule has 2 aromatic rings. The van der Waals surface area contributed by atoms with Crippen molar-refractivity contribution in [3.63, 3.8) is 0 Å². The van der Waals surface area contributed by atoms with Gasteiger partial charge in [0.2, 0.25) is 0 Å². The number of nitrogens with two attached hydrogens (primary N) is 1. The van der Waals surface area contributed by atoms with E-state index in [9.17, 15) is 4.79 Å². The molecule has 0 unspecified atom stereocenters. The molecule has 0 aliphatic carbocycles. The van der Waals surface area contributed by atoms with Crippen LogP contribution in [0.1, 0.15) is 23.6 Å². The van der Waals surface area contributed by atoms with Gasteiger partial charge in [-0.1, -0.05) is 24.3 Å². The number of amides is 1. The minimum absolute atomic E-state index is 0.111. The van der Waals surface area contributed by atoms with Gasteiger partial charge in [0.25, 0.3) is 5.91 Å². The molecule has 3 rings (SSSR count). The van der Waals surface area contributed by atoms with Crippen molar-refractivity contribution >= 4 is 11.9 Å². The van der Waals surface area contributed by atoms with Crippen LogP contribution in [0.3, 0.4) is 0 Å². The quantitative estimate of drug-likeness (QED) is 0.410. The summed E-state index contributed by atoms with van der Waals surface area (Å²) in [5.74, 6) is 1.99. The molecule has 0 saturated heterocycles. The Balaban J connectivity index is 1.44. The van der Waals surface area contributed by atoms with Crippen LogP contribution in [0.4, 0.5) is 0 Å². The second-order valence-electron chi connectivity index (χ2n) is 7.13. The lowest BCUT2D eigenvalue weighted by atomic mass is 10.1. The van der Waals surface area contributed by atoms with Crippen molar-refractivity contribution in [1.82, 2.24) is 10.6 Å². The van der Waals surface area contributed by atoms with Crippen LogP contribution in [-0.4, -0.2) is 44.7 Å². The number of hydrogen-bond acceptors (Lipinski definition) is 4. The van der Waals surface area contributed by atoms with E-state index < -0.39 is 5.91 Å². The number of benzene rings is 2. The third-order valence-corrected chi connectivity index (χ3v) is 4.78. The SMILES string of the molecule is CCNC(=NCCc1ccc(OCC(N)=O)cc1)NCCc1ccc2c(c1)CCO2. The molecule has 1 heterocycles. The van der Waals surface area contributed by atoms with E-state index in [-0.39, 0.29) is 6.61 Å². The monoisotopic (exact) mass is 410 g/mol. The molecule has 0 atom stereocenters. The Morgan fingerprint density at radius 2 is 1.93 bits per heavy atom. The minimum atomic E-state index is -0.484. The molecular weight excluding hydrogens is 380 g/mol. The molecule has 4 N–H and O–H groups in total. The first-order valence-electron chi connectivity index (χ1n) is 10.4. The van der Waals surface area contributed by atoms with Crippen LogP contribution in [-0.2, 0) is 24.1 Å². The van der Waals surface area contributed by atoms with E-state index in [1.807, 2.05) is 24.3 Å². The number of ether oxygens (including phenoxy) is 2. The third-order valence-electron chi connectivity index (χ3n) is 4.78. The predicted octanol–water partition coefficient (Wildman–Crippen LogP) is 1.83. The number of primary amides is 1. The summed E-state index contributed by atoms with van der Waals surface area (Å²) in [4.78, 5) is 15.4. The van der Waals surface area contributed by atoms with Crippen LogP contribution in [0.2, 0.25) is 0 Å². The summed E-state index contributed by atoms with van der Waals surface area (Å²) in [6, 6.07) is 14.1. The number of aliphatic imine (C=N–C) groups is 1. The van der Waals surface area contributed by atoms with Crippen molar-refractivity contribution in [3.8, 4) is 11.5 Å². The Kier molecular flexibility index (Phi) is 7.94. The molecule has 0 saturated carbocycles. The Hall–Kier alpha value is -3.22. The molecule has 7 nitrogen and oxygen atoms in total. The van der Waals surface area contributed by atoms with Crippen LogP contribution < -0.4 is 25.8 Å². The number of fused-ring (bicyclic) bond motifs is 1. The number of nitrogens with zero attached hydrogens (tertiary/aromatic N) is 1. The molecule has 0 radical (unpaired) electrons. The molecular formula is C23H30N4O3. The van der Waals surface area contributed by atoms with Crippen molar-refractivity contribution in [2.24, 2.45) is 10.7 Å².